The monoisotopic (exact) mass is 443 g/mol. The van der Waals surface area contributed by atoms with E-state index in [1.54, 1.807) is 31.2 Å². The van der Waals surface area contributed by atoms with Gasteiger partial charge in [-0.15, -0.1) is 0 Å². The number of hydrogen-bond donors (Lipinski definition) is 2. The number of carbonyl (C=O) groups is 2. The summed E-state index contributed by atoms with van der Waals surface area (Å²) in [5.41, 5.74) is 1.04. The summed E-state index contributed by atoms with van der Waals surface area (Å²) in [6.45, 7) is 2.64. The lowest BCUT2D eigenvalue weighted by Gasteiger charge is -2.21. The van der Waals surface area contributed by atoms with E-state index in [1.807, 2.05) is 0 Å². The highest BCUT2D eigenvalue weighted by atomic mass is 35.5. The lowest BCUT2D eigenvalue weighted by atomic mass is 10.2. The maximum atomic E-state index is 12.9. The molecule has 0 saturated heterocycles. The van der Waals surface area contributed by atoms with Crippen LogP contribution in [0.2, 0.25) is 10.0 Å². The minimum atomic E-state index is -4.06. The Morgan fingerprint density at radius 2 is 1.46 bits per heavy atom. The smallest absolute Gasteiger partial charge is 0.246 e. The highest BCUT2D eigenvalue weighted by Gasteiger charge is 2.29. The van der Waals surface area contributed by atoms with Gasteiger partial charge in [-0.05, 0) is 36.4 Å². The largest absolute Gasteiger partial charge is 0.326 e. The maximum Gasteiger partial charge on any atom is 0.246 e. The number of nitrogens with zero attached hydrogens (tertiary/aromatic N) is 1. The Hall–Kier alpha value is -2.13. The van der Waals surface area contributed by atoms with Gasteiger partial charge in [0.05, 0.1) is 16.6 Å². The number of rotatable bonds is 7. The average Bonchev–Trinajstić information content (AvgIpc) is 2.60. The summed E-state index contributed by atoms with van der Waals surface area (Å²) in [5, 5.41) is 5.20. The van der Waals surface area contributed by atoms with Crippen LogP contribution in [0.1, 0.15) is 13.8 Å². The molecule has 2 rings (SSSR count). The van der Waals surface area contributed by atoms with E-state index >= 15 is 0 Å². The predicted molar refractivity (Wildman–Crippen MR) is 110 cm³/mol. The van der Waals surface area contributed by atoms with Gasteiger partial charge >= 0.3 is 0 Å². The van der Waals surface area contributed by atoms with Crippen LogP contribution >= 0.6 is 23.2 Å². The van der Waals surface area contributed by atoms with Crippen molar-refractivity contribution >= 4 is 56.4 Å². The van der Waals surface area contributed by atoms with Crippen molar-refractivity contribution in [3.05, 3.63) is 52.5 Å². The molecule has 2 aromatic rings. The molecule has 0 unspecified atom stereocenters. The van der Waals surface area contributed by atoms with Crippen molar-refractivity contribution in [2.75, 3.05) is 23.7 Å². The van der Waals surface area contributed by atoms with Crippen molar-refractivity contribution in [2.24, 2.45) is 0 Å². The Balaban J connectivity index is 2.13. The van der Waals surface area contributed by atoms with Crippen LogP contribution in [-0.4, -0.2) is 37.6 Å². The molecule has 0 aliphatic carbocycles. The molecular weight excluding hydrogens is 425 g/mol. The van der Waals surface area contributed by atoms with E-state index in [0.717, 1.165) is 4.31 Å². The van der Waals surface area contributed by atoms with Gasteiger partial charge in [0.2, 0.25) is 21.8 Å². The third kappa shape index (κ3) is 5.45. The first-order valence-electron chi connectivity index (χ1n) is 8.26. The SMILES string of the molecule is CCN(CC(=O)Nc1ccc(NC(C)=O)cc1)S(=O)(=O)c1c(Cl)cccc1Cl. The van der Waals surface area contributed by atoms with E-state index in [4.69, 9.17) is 23.2 Å². The molecule has 150 valence electrons. The third-order valence-electron chi connectivity index (χ3n) is 3.68. The molecule has 0 aromatic heterocycles. The van der Waals surface area contributed by atoms with E-state index in [1.165, 1.54) is 25.1 Å². The van der Waals surface area contributed by atoms with Crippen molar-refractivity contribution < 1.29 is 18.0 Å². The normalized spacial score (nSPS) is 11.3. The molecule has 0 spiro atoms. The standard InChI is InChI=1S/C18H19Cl2N3O4S/c1-3-23(28(26,27)18-15(19)5-4-6-16(18)20)11-17(25)22-14-9-7-13(8-10-14)21-12(2)24/h4-10H,3,11H2,1-2H3,(H,21,24)(H,22,25). The van der Waals surface area contributed by atoms with E-state index in [-0.39, 0.29) is 27.4 Å². The number of amides is 2. The molecule has 0 bridgehead atoms. The second-order valence-corrected chi connectivity index (χ2v) is 8.48. The number of benzene rings is 2. The van der Waals surface area contributed by atoms with Gasteiger partial charge in [-0.1, -0.05) is 36.2 Å². The first-order valence-corrected chi connectivity index (χ1v) is 10.5. The molecule has 0 fully saturated rings. The molecule has 2 N–H and O–H groups in total. The lowest BCUT2D eigenvalue weighted by Crippen LogP contribution is -2.38. The topological polar surface area (TPSA) is 95.6 Å². The van der Waals surface area contributed by atoms with Crippen LogP contribution in [0.3, 0.4) is 0 Å². The zero-order chi connectivity index (χ0) is 20.9. The summed E-state index contributed by atoms with van der Waals surface area (Å²) in [6, 6.07) is 10.8. The maximum absolute atomic E-state index is 12.9. The number of halogens is 2. The summed E-state index contributed by atoms with van der Waals surface area (Å²) in [5.74, 6) is -0.736. The lowest BCUT2D eigenvalue weighted by molar-refractivity contribution is -0.116. The third-order valence-corrected chi connectivity index (χ3v) is 6.56. The van der Waals surface area contributed by atoms with Gasteiger partial charge in [0.1, 0.15) is 4.90 Å². The van der Waals surface area contributed by atoms with Crippen molar-refractivity contribution in [2.45, 2.75) is 18.7 Å². The van der Waals surface area contributed by atoms with Crippen molar-refractivity contribution in [1.82, 2.24) is 4.31 Å². The molecule has 2 aromatic carbocycles. The molecule has 10 heteroatoms. The first kappa shape index (κ1) is 22.2. The summed E-state index contributed by atoms with van der Waals surface area (Å²) in [4.78, 5) is 23.1. The molecule has 0 atom stereocenters. The first-order chi connectivity index (χ1) is 13.1. The molecule has 2 amide bonds. The van der Waals surface area contributed by atoms with E-state index in [0.29, 0.717) is 11.4 Å². The van der Waals surface area contributed by atoms with E-state index in [2.05, 4.69) is 10.6 Å². The summed E-state index contributed by atoms with van der Waals surface area (Å²) in [6.07, 6.45) is 0. The fourth-order valence-electron chi connectivity index (χ4n) is 2.43. The van der Waals surface area contributed by atoms with Crippen LogP contribution in [0.25, 0.3) is 0 Å². The van der Waals surface area contributed by atoms with E-state index in [9.17, 15) is 18.0 Å². The molecule has 0 saturated carbocycles. The number of nitrogens with one attached hydrogen (secondary N) is 2. The number of sulfonamides is 1. The number of hydrogen-bond acceptors (Lipinski definition) is 4. The summed E-state index contributed by atoms with van der Waals surface area (Å²) in [7, 11) is -4.06. The Labute approximate surface area is 173 Å². The minimum absolute atomic E-state index is 0.0140. The Morgan fingerprint density at radius 3 is 1.93 bits per heavy atom. The van der Waals surface area contributed by atoms with E-state index < -0.39 is 22.5 Å². The van der Waals surface area contributed by atoms with Crippen LogP contribution in [-0.2, 0) is 19.6 Å². The van der Waals surface area contributed by atoms with Gasteiger partial charge in [-0.2, -0.15) is 4.31 Å². The highest BCUT2D eigenvalue weighted by Crippen LogP contribution is 2.31. The van der Waals surface area contributed by atoms with Gasteiger partial charge < -0.3 is 10.6 Å². The molecule has 28 heavy (non-hydrogen) atoms. The van der Waals surface area contributed by atoms with Crippen LogP contribution in [0, 0.1) is 0 Å². The molecule has 0 aliphatic rings. The summed E-state index contributed by atoms with van der Waals surface area (Å²) >= 11 is 12.0. The van der Waals surface area contributed by atoms with Gasteiger partial charge in [-0.25, -0.2) is 8.42 Å². The Bertz CT molecular complexity index is 959. The second kappa shape index (κ2) is 9.38. The van der Waals surface area contributed by atoms with Gasteiger partial charge in [0.25, 0.3) is 0 Å². The van der Waals surface area contributed by atoms with Crippen molar-refractivity contribution in [1.29, 1.82) is 0 Å². The number of carbonyl (C=O) groups excluding carboxylic acids is 2. The number of likely N-dealkylation sites (N-methyl/N-ethyl adjacent to an activating group) is 1. The fourth-order valence-corrected chi connectivity index (χ4v) is 4.92. The van der Waals surface area contributed by atoms with Crippen LogP contribution < -0.4 is 10.6 Å². The van der Waals surface area contributed by atoms with Crippen molar-refractivity contribution in [3.63, 3.8) is 0 Å². The molecule has 0 heterocycles. The van der Waals surface area contributed by atoms with Crippen LogP contribution in [0.15, 0.2) is 47.4 Å². The Kier molecular flexibility index (Phi) is 7.42. The summed E-state index contributed by atoms with van der Waals surface area (Å²) < 4.78 is 26.7. The predicted octanol–water partition coefficient (Wildman–Crippen LogP) is 3.60. The molecule has 7 nitrogen and oxygen atoms in total. The fraction of sp³-hybridized carbons (Fsp3) is 0.222. The molecule has 0 aliphatic heterocycles. The van der Waals surface area contributed by atoms with Gasteiger partial charge in [0.15, 0.2) is 0 Å². The number of anilines is 2. The molecular formula is C18H19Cl2N3O4S. The van der Waals surface area contributed by atoms with Crippen LogP contribution in [0.5, 0.6) is 0 Å². The highest BCUT2D eigenvalue weighted by molar-refractivity contribution is 7.89. The van der Waals surface area contributed by atoms with Crippen molar-refractivity contribution in [3.8, 4) is 0 Å². The quantitative estimate of drug-likeness (QED) is 0.682. The zero-order valence-electron chi connectivity index (χ0n) is 15.2. The van der Waals surface area contributed by atoms with Gasteiger partial charge in [-0.3, -0.25) is 9.59 Å². The van der Waals surface area contributed by atoms with Crippen LogP contribution in [0.4, 0.5) is 11.4 Å². The molecule has 0 radical (unpaired) electrons. The zero-order valence-corrected chi connectivity index (χ0v) is 17.5. The second-order valence-electron chi connectivity index (χ2n) is 5.79. The van der Waals surface area contributed by atoms with Gasteiger partial charge in [0, 0.05) is 24.8 Å². The Morgan fingerprint density at radius 1 is 0.964 bits per heavy atom. The average molecular weight is 444 g/mol. The minimum Gasteiger partial charge on any atom is -0.326 e.